The number of aryl methyl sites for hydroxylation is 1. The summed E-state index contributed by atoms with van der Waals surface area (Å²) in [6, 6.07) is 12.3. The Balaban J connectivity index is 2.13. The minimum Gasteiger partial charge on any atom is -0.356 e. The first-order valence-corrected chi connectivity index (χ1v) is 8.51. The molecule has 2 aromatic carbocycles. The number of hydrogen-bond acceptors (Lipinski definition) is 5. The molecule has 0 atom stereocenters. The maximum Gasteiger partial charge on any atom is 0.452 e. The molecule has 0 bridgehead atoms. The van der Waals surface area contributed by atoms with Gasteiger partial charge in [0.2, 0.25) is 11.6 Å². The second kappa shape index (κ2) is 7.92. The number of aromatic nitrogens is 3. The molecule has 1 aromatic heterocycles. The summed E-state index contributed by atoms with van der Waals surface area (Å²) in [5.74, 6) is -1.94. The van der Waals surface area contributed by atoms with E-state index in [0.29, 0.717) is 15.3 Å². The zero-order valence-corrected chi connectivity index (χ0v) is 15.6. The number of hydrogen-bond donors (Lipinski definition) is 1. The number of anilines is 1. The number of nitro groups is 1. The first-order chi connectivity index (χ1) is 13.7. The van der Waals surface area contributed by atoms with Gasteiger partial charge in [-0.15, -0.1) is 10.2 Å². The van der Waals surface area contributed by atoms with Crippen LogP contribution in [-0.2, 0) is 6.18 Å². The number of nitrogens with one attached hydrogen (secondary N) is 1. The molecule has 0 saturated heterocycles. The van der Waals surface area contributed by atoms with Gasteiger partial charge < -0.3 is 5.32 Å². The maximum absolute atomic E-state index is 13.4. The molecule has 3 rings (SSSR count). The van der Waals surface area contributed by atoms with E-state index in [1.807, 2.05) is 0 Å². The Morgan fingerprint density at radius 2 is 1.90 bits per heavy atom. The molecule has 1 N–H and O–H groups in total. The van der Waals surface area contributed by atoms with Gasteiger partial charge in [-0.1, -0.05) is 35.4 Å². The highest BCUT2D eigenvalue weighted by Gasteiger charge is 2.41. The van der Waals surface area contributed by atoms with E-state index < -0.39 is 28.4 Å². The molecule has 150 valence electrons. The van der Waals surface area contributed by atoms with Crippen LogP contribution in [-0.4, -0.2) is 19.7 Å². The molecule has 0 aliphatic heterocycles. The molecule has 0 radical (unpaired) electrons. The summed E-state index contributed by atoms with van der Waals surface area (Å²) in [6.45, 7) is 1.76. The lowest BCUT2D eigenvalue weighted by Crippen LogP contribution is -2.16. The molecule has 0 fully saturated rings. The summed E-state index contributed by atoms with van der Waals surface area (Å²) in [5, 5.41) is 21.2. The van der Waals surface area contributed by atoms with Crippen molar-refractivity contribution in [3.63, 3.8) is 0 Å². The van der Waals surface area contributed by atoms with Crippen molar-refractivity contribution in [2.75, 3.05) is 5.32 Å². The predicted octanol–water partition coefficient (Wildman–Crippen LogP) is 4.94. The Bertz CT molecular complexity index is 1080. The van der Waals surface area contributed by atoms with Crippen LogP contribution >= 0.6 is 11.6 Å². The predicted molar refractivity (Wildman–Crippen MR) is 101 cm³/mol. The van der Waals surface area contributed by atoms with Crippen LogP contribution in [0, 0.1) is 17.0 Å². The van der Waals surface area contributed by atoms with Crippen LogP contribution in [0.15, 0.2) is 54.7 Å². The zero-order chi connectivity index (χ0) is 21.2. The van der Waals surface area contributed by atoms with Crippen LogP contribution in [0.4, 0.5) is 18.9 Å². The summed E-state index contributed by atoms with van der Waals surface area (Å²) in [6.07, 6.45) is -3.92. The lowest BCUT2D eigenvalue weighted by Gasteiger charge is -2.11. The molecule has 29 heavy (non-hydrogen) atoms. The molecule has 7 nitrogen and oxygen atoms in total. The van der Waals surface area contributed by atoms with Crippen molar-refractivity contribution >= 4 is 23.0 Å². The molecule has 0 aliphatic carbocycles. The van der Waals surface area contributed by atoms with Crippen molar-refractivity contribution < 1.29 is 18.1 Å². The van der Waals surface area contributed by atoms with Gasteiger partial charge in [-0.2, -0.15) is 13.2 Å². The lowest BCUT2D eigenvalue weighted by molar-refractivity contribution is -0.376. The van der Waals surface area contributed by atoms with Crippen LogP contribution < -0.4 is 5.32 Å². The molecule has 0 spiro atoms. The quantitative estimate of drug-likeness (QED) is 0.464. The summed E-state index contributed by atoms with van der Waals surface area (Å²) in [7, 11) is 0. The fourth-order valence-electron chi connectivity index (χ4n) is 2.50. The Morgan fingerprint density at radius 3 is 2.48 bits per heavy atom. The molecule has 3 aromatic rings. The number of halogens is 4. The van der Waals surface area contributed by atoms with E-state index in [-0.39, 0.29) is 5.69 Å². The fourth-order valence-corrected chi connectivity index (χ4v) is 2.69. The van der Waals surface area contributed by atoms with Gasteiger partial charge in [-0.25, -0.2) is 0 Å². The average Bonchev–Trinajstić information content (AvgIpc) is 3.07. The number of benzene rings is 2. The Labute approximate surface area is 167 Å². The third-order valence-corrected chi connectivity index (χ3v) is 4.07. The van der Waals surface area contributed by atoms with Crippen LogP contribution in [0.3, 0.4) is 0 Å². The van der Waals surface area contributed by atoms with E-state index in [1.165, 1.54) is 18.2 Å². The topological polar surface area (TPSA) is 85.9 Å². The van der Waals surface area contributed by atoms with Gasteiger partial charge in [-0.05, 0) is 37.3 Å². The highest BCUT2D eigenvalue weighted by Crippen LogP contribution is 2.32. The average molecular weight is 424 g/mol. The van der Waals surface area contributed by atoms with Gasteiger partial charge in [0.05, 0.1) is 11.1 Å². The highest BCUT2D eigenvalue weighted by atomic mass is 35.5. The number of rotatable bonds is 5. The largest absolute Gasteiger partial charge is 0.452 e. The minimum absolute atomic E-state index is 0.0402. The zero-order valence-electron chi connectivity index (χ0n) is 14.8. The first-order valence-electron chi connectivity index (χ1n) is 8.13. The Kier molecular flexibility index (Phi) is 5.55. The summed E-state index contributed by atoms with van der Waals surface area (Å²) >= 11 is 5.87. The molecule has 11 heteroatoms. The van der Waals surface area contributed by atoms with Crippen LogP contribution in [0.25, 0.3) is 11.4 Å². The monoisotopic (exact) mass is 423 g/mol. The molecule has 0 unspecified atom stereocenters. The Hall–Kier alpha value is -3.40. The van der Waals surface area contributed by atoms with E-state index >= 15 is 0 Å². The SMILES string of the molecule is Cc1ccc(-n2c(/C(=C/Nc3cccc(Cl)c3)[N+](=O)[O-])nnc2C(F)(F)F)cc1. The van der Waals surface area contributed by atoms with Crippen molar-refractivity contribution in [1.82, 2.24) is 14.8 Å². The van der Waals surface area contributed by atoms with E-state index in [9.17, 15) is 23.3 Å². The van der Waals surface area contributed by atoms with Crippen LogP contribution in [0.2, 0.25) is 5.02 Å². The minimum atomic E-state index is -4.86. The molecule has 1 heterocycles. The van der Waals surface area contributed by atoms with E-state index in [0.717, 1.165) is 11.8 Å². The van der Waals surface area contributed by atoms with Crippen molar-refractivity contribution in [2.45, 2.75) is 13.1 Å². The smallest absolute Gasteiger partial charge is 0.356 e. The van der Waals surface area contributed by atoms with Crippen molar-refractivity contribution in [1.29, 1.82) is 0 Å². The molecular weight excluding hydrogens is 411 g/mol. The van der Waals surface area contributed by atoms with Gasteiger partial charge in [0.15, 0.2) is 0 Å². The second-order valence-electron chi connectivity index (χ2n) is 5.96. The third-order valence-electron chi connectivity index (χ3n) is 3.83. The van der Waals surface area contributed by atoms with E-state index in [2.05, 4.69) is 15.5 Å². The van der Waals surface area contributed by atoms with Gasteiger partial charge in [0.1, 0.15) is 0 Å². The summed E-state index contributed by atoms with van der Waals surface area (Å²) in [5.41, 5.74) is 0.561. The maximum atomic E-state index is 13.4. The highest BCUT2D eigenvalue weighted by molar-refractivity contribution is 6.30. The number of nitrogens with zero attached hydrogens (tertiary/aromatic N) is 4. The van der Waals surface area contributed by atoms with Gasteiger partial charge in [0, 0.05) is 16.4 Å². The first kappa shape index (κ1) is 20.3. The normalized spacial score (nSPS) is 12.1. The van der Waals surface area contributed by atoms with E-state index in [1.54, 1.807) is 37.3 Å². The van der Waals surface area contributed by atoms with Crippen LogP contribution in [0.5, 0.6) is 0 Å². The third kappa shape index (κ3) is 4.54. The molecule has 0 saturated carbocycles. The second-order valence-corrected chi connectivity index (χ2v) is 6.39. The van der Waals surface area contributed by atoms with Crippen molar-refractivity contribution in [2.24, 2.45) is 0 Å². The van der Waals surface area contributed by atoms with Gasteiger partial charge in [0.25, 0.3) is 0 Å². The van der Waals surface area contributed by atoms with Gasteiger partial charge in [-0.3, -0.25) is 14.7 Å². The number of alkyl halides is 3. The summed E-state index contributed by atoms with van der Waals surface area (Å²) in [4.78, 5) is 10.8. The van der Waals surface area contributed by atoms with Crippen molar-refractivity contribution in [3.8, 4) is 5.69 Å². The molecule has 0 aliphatic rings. The van der Waals surface area contributed by atoms with Gasteiger partial charge >= 0.3 is 11.9 Å². The molecular formula is C18H13ClF3N5O2. The lowest BCUT2D eigenvalue weighted by atomic mass is 10.2. The van der Waals surface area contributed by atoms with Crippen LogP contribution in [0.1, 0.15) is 17.2 Å². The summed E-state index contributed by atoms with van der Waals surface area (Å²) < 4.78 is 40.9. The Morgan fingerprint density at radius 1 is 1.21 bits per heavy atom. The van der Waals surface area contributed by atoms with Crippen molar-refractivity contribution in [3.05, 3.63) is 87.1 Å². The molecule has 0 amide bonds. The standard InChI is InChI=1S/C18H13ClF3N5O2/c1-11-5-7-14(8-6-11)26-16(24-25-17(26)18(20,21)22)15(27(28)29)10-23-13-4-2-3-12(19)9-13/h2-10,23H,1H3/b15-10-. The fraction of sp³-hybridized carbons (Fsp3) is 0.111. The van der Waals surface area contributed by atoms with E-state index in [4.69, 9.17) is 11.6 Å².